The van der Waals surface area contributed by atoms with Crippen molar-refractivity contribution in [1.29, 1.82) is 0 Å². The molecule has 1 N–H and O–H groups in total. The number of carbonyl (C=O) groups is 3. The summed E-state index contributed by atoms with van der Waals surface area (Å²) in [5.41, 5.74) is 0.594. The van der Waals surface area contributed by atoms with Crippen molar-refractivity contribution in [2.75, 3.05) is 13.7 Å². The van der Waals surface area contributed by atoms with E-state index in [-0.39, 0.29) is 24.1 Å². The third-order valence-electron chi connectivity index (χ3n) is 2.33. The molecular formula is C14H17NO5. The van der Waals surface area contributed by atoms with E-state index in [1.54, 1.807) is 0 Å². The number of hydrogen-bond donors (Lipinski definition) is 1. The number of carbonyl (C=O) groups excluding carboxylic acids is 3. The van der Waals surface area contributed by atoms with Crippen molar-refractivity contribution in [2.24, 2.45) is 0 Å². The lowest BCUT2D eigenvalue weighted by molar-refractivity contribution is -0.124. The zero-order chi connectivity index (χ0) is 15.1. The summed E-state index contributed by atoms with van der Waals surface area (Å²) < 4.78 is 9.39. The van der Waals surface area contributed by atoms with E-state index in [0.717, 1.165) is 0 Å². The SMILES string of the molecule is COC(=O)c1ccc(C(=O)OCC(=O)NC(C)C)cc1. The Bertz CT molecular complexity index is 493. The van der Waals surface area contributed by atoms with E-state index in [9.17, 15) is 14.4 Å². The summed E-state index contributed by atoms with van der Waals surface area (Å²) in [6.45, 7) is 3.28. The van der Waals surface area contributed by atoms with Crippen molar-refractivity contribution >= 4 is 17.8 Å². The van der Waals surface area contributed by atoms with Gasteiger partial charge < -0.3 is 14.8 Å². The minimum Gasteiger partial charge on any atom is -0.465 e. The number of benzene rings is 1. The molecule has 1 amide bonds. The first-order chi connectivity index (χ1) is 9.43. The topological polar surface area (TPSA) is 81.7 Å². The van der Waals surface area contributed by atoms with E-state index in [1.807, 2.05) is 13.8 Å². The van der Waals surface area contributed by atoms with Gasteiger partial charge in [-0.1, -0.05) is 0 Å². The zero-order valence-corrected chi connectivity index (χ0v) is 11.6. The number of ether oxygens (including phenoxy) is 2. The predicted octanol–water partition coefficient (Wildman–Crippen LogP) is 1.15. The van der Waals surface area contributed by atoms with Crippen molar-refractivity contribution in [3.8, 4) is 0 Å². The lowest BCUT2D eigenvalue weighted by atomic mass is 10.1. The van der Waals surface area contributed by atoms with Gasteiger partial charge in [0.05, 0.1) is 18.2 Å². The molecule has 0 fully saturated rings. The Hall–Kier alpha value is -2.37. The second kappa shape index (κ2) is 7.28. The number of methoxy groups -OCH3 is 1. The number of nitrogens with one attached hydrogen (secondary N) is 1. The smallest absolute Gasteiger partial charge is 0.338 e. The average molecular weight is 279 g/mol. The summed E-state index contributed by atoms with van der Waals surface area (Å²) in [6, 6.07) is 5.78. The van der Waals surface area contributed by atoms with Gasteiger partial charge >= 0.3 is 11.9 Å². The third-order valence-corrected chi connectivity index (χ3v) is 2.33. The lowest BCUT2D eigenvalue weighted by Crippen LogP contribution is -2.33. The highest BCUT2D eigenvalue weighted by molar-refractivity contribution is 5.94. The van der Waals surface area contributed by atoms with Gasteiger partial charge in [-0.05, 0) is 38.1 Å². The molecule has 6 nitrogen and oxygen atoms in total. The van der Waals surface area contributed by atoms with Gasteiger partial charge in [0.25, 0.3) is 5.91 Å². The summed E-state index contributed by atoms with van der Waals surface area (Å²) >= 11 is 0. The van der Waals surface area contributed by atoms with Gasteiger partial charge in [-0.3, -0.25) is 4.79 Å². The Balaban J connectivity index is 2.56. The van der Waals surface area contributed by atoms with Gasteiger partial charge in [0, 0.05) is 6.04 Å². The summed E-state index contributed by atoms with van der Waals surface area (Å²) in [5.74, 6) is -1.47. The maximum Gasteiger partial charge on any atom is 0.338 e. The molecule has 0 spiro atoms. The molecule has 0 bridgehead atoms. The molecule has 0 unspecified atom stereocenters. The van der Waals surface area contributed by atoms with Gasteiger partial charge in [-0.2, -0.15) is 0 Å². The maximum atomic E-state index is 11.7. The van der Waals surface area contributed by atoms with Crippen LogP contribution in [-0.4, -0.2) is 37.6 Å². The Morgan fingerprint density at radius 2 is 1.55 bits per heavy atom. The van der Waals surface area contributed by atoms with E-state index < -0.39 is 11.9 Å². The molecule has 0 aliphatic rings. The van der Waals surface area contributed by atoms with Gasteiger partial charge in [-0.15, -0.1) is 0 Å². The number of esters is 2. The van der Waals surface area contributed by atoms with Crippen LogP contribution >= 0.6 is 0 Å². The standard InChI is InChI=1S/C14H17NO5/c1-9(2)15-12(16)8-20-14(18)11-6-4-10(5-7-11)13(17)19-3/h4-7,9H,8H2,1-3H3,(H,15,16). The van der Waals surface area contributed by atoms with Crippen LogP contribution in [0.1, 0.15) is 34.6 Å². The Morgan fingerprint density at radius 1 is 1.05 bits per heavy atom. The highest BCUT2D eigenvalue weighted by atomic mass is 16.5. The van der Waals surface area contributed by atoms with Crippen LogP contribution in [0.2, 0.25) is 0 Å². The molecule has 0 atom stereocenters. The van der Waals surface area contributed by atoms with Crippen LogP contribution in [-0.2, 0) is 14.3 Å². The largest absolute Gasteiger partial charge is 0.465 e. The van der Waals surface area contributed by atoms with Crippen LogP contribution in [0.3, 0.4) is 0 Å². The predicted molar refractivity (Wildman–Crippen MR) is 71.3 cm³/mol. The van der Waals surface area contributed by atoms with Crippen molar-refractivity contribution in [3.05, 3.63) is 35.4 Å². The maximum absolute atomic E-state index is 11.7. The normalized spacial score (nSPS) is 10.0. The molecule has 1 aromatic carbocycles. The van der Waals surface area contributed by atoms with Crippen molar-refractivity contribution in [3.63, 3.8) is 0 Å². The highest BCUT2D eigenvalue weighted by Crippen LogP contribution is 2.07. The summed E-state index contributed by atoms with van der Waals surface area (Å²) in [7, 11) is 1.28. The summed E-state index contributed by atoms with van der Waals surface area (Å²) in [5, 5.41) is 2.60. The molecule has 0 saturated heterocycles. The molecule has 1 aromatic rings. The fourth-order valence-corrected chi connectivity index (χ4v) is 1.44. The number of rotatable bonds is 5. The van der Waals surface area contributed by atoms with Gasteiger partial charge in [0.2, 0.25) is 0 Å². The van der Waals surface area contributed by atoms with E-state index in [0.29, 0.717) is 5.56 Å². The molecular weight excluding hydrogens is 262 g/mol. The van der Waals surface area contributed by atoms with Crippen molar-refractivity contribution < 1.29 is 23.9 Å². The minimum atomic E-state index is -0.625. The summed E-state index contributed by atoms with van der Waals surface area (Å²) in [6.07, 6.45) is 0. The molecule has 0 radical (unpaired) electrons. The van der Waals surface area contributed by atoms with Gasteiger partial charge in [0.1, 0.15) is 0 Å². The van der Waals surface area contributed by atoms with Crippen molar-refractivity contribution in [2.45, 2.75) is 19.9 Å². The van der Waals surface area contributed by atoms with E-state index in [4.69, 9.17) is 4.74 Å². The number of hydrogen-bond acceptors (Lipinski definition) is 5. The first kappa shape index (κ1) is 15.7. The first-order valence-electron chi connectivity index (χ1n) is 6.09. The second-order valence-corrected chi connectivity index (χ2v) is 4.37. The van der Waals surface area contributed by atoms with E-state index in [2.05, 4.69) is 10.1 Å². The van der Waals surface area contributed by atoms with Crippen LogP contribution in [0.4, 0.5) is 0 Å². The van der Waals surface area contributed by atoms with Gasteiger partial charge in [0.15, 0.2) is 6.61 Å². The average Bonchev–Trinajstić information content (AvgIpc) is 2.43. The molecule has 0 saturated carbocycles. The molecule has 0 aliphatic carbocycles. The number of amides is 1. The highest BCUT2D eigenvalue weighted by Gasteiger charge is 2.12. The fraction of sp³-hybridized carbons (Fsp3) is 0.357. The quantitative estimate of drug-likeness (QED) is 0.818. The molecule has 0 heterocycles. The van der Waals surface area contributed by atoms with Gasteiger partial charge in [-0.25, -0.2) is 9.59 Å². The minimum absolute atomic E-state index is 0.0134. The Morgan fingerprint density at radius 3 is 2.00 bits per heavy atom. The first-order valence-corrected chi connectivity index (χ1v) is 6.09. The molecule has 108 valence electrons. The lowest BCUT2D eigenvalue weighted by Gasteiger charge is -2.09. The van der Waals surface area contributed by atoms with Crippen LogP contribution in [0.5, 0.6) is 0 Å². The zero-order valence-electron chi connectivity index (χ0n) is 11.6. The third kappa shape index (κ3) is 4.72. The Labute approximate surface area is 117 Å². The van der Waals surface area contributed by atoms with Crippen LogP contribution in [0.25, 0.3) is 0 Å². The Kier molecular flexibility index (Phi) is 5.71. The second-order valence-electron chi connectivity index (χ2n) is 4.37. The molecule has 0 aliphatic heterocycles. The van der Waals surface area contributed by atoms with Crippen LogP contribution in [0.15, 0.2) is 24.3 Å². The van der Waals surface area contributed by atoms with Crippen molar-refractivity contribution in [1.82, 2.24) is 5.32 Å². The molecule has 20 heavy (non-hydrogen) atoms. The summed E-state index contributed by atoms with van der Waals surface area (Å²) in [4.78, 5) is 34.2. The van der Waals surface area contributed by atoms with E-state index in [1.165, 1.54) is 31.4 Å². The molecule has 1 rings (SSSR count). The molecule has 6 heteroatoms. The monoisotopic (exact) mass is 279 g/mol. The molecule has 0 aromatic heterocycles. The van der Waals surface area contributed by atoms with E-state index >= 15 is 0 Å². The fourth-order valence-electron chi connectivity index (χ4n) is 1.44. The van der Waals surface area contributed by atoms with Crippen LogP contribution in [0, 0.1) is 0 Å². The van der Waals surface area contributed by atoms with Crippen LogP contribution < -0.4 is 5.32 Å².